The number of allylic oxidation sites excluding steroid dienone is 2. The van der Waals surface area contributed by atoms with E-state index in [9.17, 15) is 60.3 Å². The fourth-order valence-electron chi connectivity index (χ4n) is 10.8. The van der Waals surface area contributed by atoms with Gasteiger partial charge in [0.2, 0.25) is 43.7 Å². The molecule has 0 saturated heterocycles. The zero-order valence-electron chi connectivity index (χ0n) is 42.5. The molecule has 8 aliphatic rings. The van der Waals surface area contributed by atoms with Crippen molar-refractivity contribution in [3.05, 3.63) is 54.1 Å². The number of aliphatic hydroxyl groups excluding tert-OH is 1. The maximum Gasteiger partial charge on any atom is 0.411 e. The maximum atomic E-state index is 13.8. The Bertz CT molecular complexity index is 2730. The van der Waals surface area contributed by atoms with Crippen LogP contribution < -0.4 is 25.4 Å². The quantitative estimate of drug-likeness (QED) is 0.153. The molecule has 2 aliphatic heterocycles. The van der Waals surface area contributed by atoms with Gasteiger partial charge in [-0.05, 0) is 121 Å². The molecule has 9 rings (SSSR count). The van der Waals surface area contributed by atoms with Gasteiger partial charge < -0.3 is 35.0 Å². The minimum atomic E-state index is -3.84. The third-order valence-corrected chi connectivity index (χ3v) is 19.5. The van der Waals surface area contributed by atoms with Crippen LogP contribution >= 0.6 is 0 Å². The van der Waals surface area contributed by atoms with E-state index in [1.165, 1.54) is 19.2 Å². The molecular formula is C51H69N7O15S2. The summed E-state index contributed by atoms with van der Waals surface area (Å²) in [5.41, 5.74) is -2.24. The minimum Gasteiger partial charge on any atom is -0.465 e. The molecule has 0 unspecified atom stereocenters. The number of carbonyl (C=O) groups excluding carboxylic acids is 8. The summed E-state index contributed by atoms with van der Waals surface area (Å²) in [7, 11) is -2.96. The van der Waals surface area contributed by atoms with Gasteiger partial charge in [0.15, 0.2) is 0 Å². The number of esters is 1. The van der Waals surface area contributed by atoms with Crippen LogP contribution in [0.2, 0.25) is 0 Å². The Balaban J connectivity index is 0.000000211. The van der Waals surface area contributed by atoms with Gasteiger partial charge in [-0.2, -0.15) is 0 Å². The number of rotatable bonds is 9. The molecule has 6 aliphatic carbocycles. The van der Waals surface area contributed by atoms with Crippen LogP contribution in [-0.2, 0) is 58.3 Å². The first kappa shape index (κ1) is 55.4. The summed E-state index contributed by atoms with van der Waals surface area (Å²) in [5, 5.41) is 17.2. The summed E-state index contributed by atoms with van der Waals surface area (Å²) < 4.78 is 64.4. The van der Waals surface area contributed by atoms with Crippen LogP contribution in [0.15, 0.2) is 48.6 Å². The number of nitrogens with zero attached hydrogens (tertiary/aromatic N) is 2. The van der Waals surface area contributed by atoms with Gasteiger partial charge in [0.1, 0.15) is 17.2 Å². The van der Waals surface area contributed by atoms with Crippen molar-refractivity contribution in [2.24, 2.45) is 35.5 Å². The van der Waals surface area contributed by atoms with E-state index in [-0.39, 0.29) is 61.3 Å². The van der Waals surface area contributed by atoms with Crippen molar-refractivity contribution in [1.82, 2.24) is 29.9 Å². The molecule has 6 N–H and O–H groups in total. The third kappa shape index (κ3) is 12.9. The lowest BCUT2D eigenvalue weighted by atomic mass is 9.93. The predicted molar refractivity (Wildman–Crippen MR) is 269 cm³/mol. The zero-order valence-corrected chi connectivity index (χ0v) is 44.1. The Morgan fingerprint density at radius 1 is 0.680 bits per heavy atom. The second-order valence-corrected chi connectivity index (χ2v) is 25.4. The van der Waals surface area contributed by atoms with Gasteiger partial charge in [-0.3, -0.25) is 43.5 Å². The van der Waals surface area contributed by atoms with Crippen LogP contribution in [0.4, 0.5) is 10.5 Å². The second kappa shape index (κ2) is 22.4. The number of anilines is 1. The standard InChI is InChI=1S/C30H38N4O9S.C21H31N3O6S/c1-34-13-6-4-3-5-9-19-17-30(19,28(38)33-44(40,41)22-11-12-22)32-25(35)23-15-21(16-24(23)26(34)36)43-29(39)31-20-10-7-8-18(14-20)27(37)42-2;1-24-9-5-3-2-4-6-13-12-21(13,20(28)23-31(29,30)15-7-8-15)22-18(26)16-10-14(25)11-17(16)19(24)27/h5,7-10,14,19,21-24H,3-4,6,11-13,15-17H2,1-2H3,(H,31,39)(H,32,35)(H,33,38);4,6,13-17,25H,2-3,5,7-12H2,1H3,(H,22,26)(H,23,28)/b9-5-;6-4-/t19-,21-,23-,24-,30-;13-,14-,16-,17-,21-/m11/s1. The molecule has 0 radical (unpaired) electrons. The average Bonchev–Trinajstić information content (AvgIpc) is 4.18. The lowest BCUT2D eigenvalue weighted by Crippen LogP contribution is -2.54. The number of nitrogens with one attached hydrogen (secondary N) is 5. The molecule has 10 atom stereocenters. The minimum absolute atomic E-state index is 0.0320. The highest BCUT2D eigenvalue weighted by atomic mass is 32.2. The number of amides is 7. The van der Waals surface area contributed by atoms with Crippen molar-refractivity contribution >= 4 is 73.2 Å². The predicted octanol–water partition coefficient (Wildman–Crippen LogP) is 2.15. The summed E-state index contributed by atoms with van der Waals surface area (Å²) >= 11 is 0. The smallest absolute Gasteiger partial charge is 0.411 e. The summed E-state index contributed by atoms with van der Waals surface area (Å²) in [5.74, 6) is -7.36. The molecule has 75 heavy (non-hydrogen) atoms. The summed E-state index contributed by atoms with van der Waals surface area (Å²) in [6.07, 6.45) is 13.0. The Morgan fingerprint density at radius 3 is 1.64 bits per heavy atom. The van der Waals surface area contributed by atoms with Gasteiger partial charge in [0.25, 0.3) is 11.8 Å². The van der Waals surface area contributed by atoms with Crippen molar-refractivity contribution in [3.63, 3.8) is 0 Å². The first-order chi connectivity index (χ1) is 35.6. The highest BCUT2D eigenvalue weighted by Gasteiger charge is 2.63. The number of methoxy groups -OCH3 is 1. The molecule has 22 nitrogen and oxygen atoms in total. The SMILES string of the molecule is CN1CCCC/C=C\[C@@H]2C[C@@]2(C(=O)NS(=O)(=O)C2CC2)NC(=O)[C@@H]2C[C@@H](O)C[C@H]2C1=O.COC(=O)c1cccc(NC(=O)O[C@@H]2C[C@H]3C(=O)N[C@]4(C(=O)NS(=O)(=O)C5CC5)C[C@H]4/C=C\CCCCN(C)C(=O)[C@@H]3C2)c1. The first-order valence-corrected chi connectivity index (χ1v) is 29.1. The maximum absolute atomic E-state index is 13.8. The average molecular weight is 1080 g/mol. The van der Waals surface area contributed by atoms with E-state index in [0.29, 0.717) is 57.3 Å². The second-order valence-electron chi connectivity index (χ2n) is 21.5. The Morgan fingerprint density at radius 2 is 1.15 bits per heavy atom. The van der Waals surface area contributed by atoms with Crippen LogP contribution in [0, 0.1) is 35.5 Å². The number of ether oxygens (including phenoxy) is 2. The van der Waals surface area contributed by atoms with Crippen LogP contribution in [0.5, 0.6) is 0 Å². The highest BCUT2D eigenvalue weighted by Crippen LogP contribution is 2.48. The van der Waals surface area contributed by atoms with E-state index in [4.69, 9.17) is 9.47 Å². The van der Waals surface area contributed by atoms with Crippen LogP contribution in [0.3, 0.4) is 0 Å². The van der Waals surface area contributed by atoms with E-state index in [2.05, 4.69) is 25.4 Å². The fraction of sp³-hybridized carbons (Fsp3) is 0.647. The number of fused-ring (bicyclic) bond motifs is 4. The number of hydrogen-bond donors (Lipinski definition) is 6. The van der Waals surface area contributed by atoms with Gasteiger partial charge >= 0.3 is 12.1 Å². The Labute approximate surface area is 437 Å². The molecule has 7 amide bonds. The van der Waals surface area contributed by atoms with Crippen LogP contribution in [-0.4, -0.2) is 147 Å². The number of benzene rings is 1. The third-order valence-electron chi connectivity index (χ3n) is 15.8. The van der Waals surface area contributed by atoms with Gasteiger partial charge in [-0.1, -0.05) is 30.4 Å². The number of sulfonamides is 2. The topological polar surface area (TPSA) is 310 Å². The van der Waals surface area contributed by atoms with E-state index < -0.39 is 113 Å². The summed E-state index contributed by atoms with van der Waals surface area (Å²) in [4.78, 5) is 108. The Kier molecular flexibility index (Phi) is 16.5. The van der Waals surface area contributed by atoms with Crippen LogP contribution in [0.25, 0.3) is 0 Å². The lowest BCUT2D eigenvalue weighted by molar-refractivity contribution is -0.141. The normalized spacial score (nSPS) is 33.0. The van der Waals surface area contributed by atoms with E-state index >= 15 is 0 Å². The molecule has 0 spiro atoms. The lowest BCUT2D eigenvalue weighted by Gasteiger charge is -2.26. The van der Waals surface area contributed by atoms with Crippen LogP contribution in [0.1, 0.15) is 113 Å². The monoisotopic (exact) mass is 1080 g/mol. The van der Waals surface area contributed by atoms with E-state index in [1.807, 2.05) is 24.3 Å². The fourth-order valence-corrected chi connectivity index (χ4v) is 13.6. The molecule has 1 aromatic carbocycles. The number of hydrogen-bond acceptors (Lipinski definition) is 15. The summed E-state index contributed by atoms with van der Waals surface area (Å²) in [6.45, 7) is 1.08. The molecule has 24 heteroatoms. The molecule has 6 saturated carbocycles. The van der Waals surface area contributed by atoms with Crippen molar-refractivity contribution < 1.29 is 69.8 Å². The first-order valence-electron chi connectivity index (χ1n) is 26.0. The number of carbonyl (C=O) groups is 8. The zero-order chi connectivity index (χ0) is 54.0. The van der Waals surface area contributed by atoms with Gasteiger partial charge in [0.05, 0.1) is 52.9 Å². The molecule has 410 valence electrons. The molecule has 0 bridgehead atoms. The van der Waals surface area contributed by atoms with Crippen molar-refractivity contribution in [1.29, 1.82) is 0 Å². The van der Waals surface area contributed by atoms with E-state index in [1.54, 1.807) is 36.0 Å². The van der Waals surface area contributed by atoms with Gasteiger partial charge in [0, 0.05) is 44.7 Å². The van der Waals surface area contributed by atoms with Crippen molar-refractivity contribution in [2.75, 3.05) is 39.6 Å². The van der Waals surface area contributed by atoms with Gasteiger partial charge in [-0.15, -0.1) is 0 Å². The van der Waals surface area contributed by atoms with E-state index in [0.717, 1.165) is 32.1 Å². The molecule has 1 aromatic rings. The molecule has 0 aromatic heterocycles. The molecular weight excluding hydrogens is 1010 g/mol. The molecule has 2 heterocycles. The van der Waals surface area contributed by atoms with Crippen molar-refractivity contribution in [3.8, 4) is 0 Å². The van der Waals surface area contributed by atoms with Crippen molar-refractivity contribution in [2.45, 2.75) is 137 Å². The Hall–Kier alpha value is -5.88. The number of aliphatic hydroxyl groups is 1. The molecule has 6 fully saturated rings. The van der Waals surface area contributed by atoms with Gasteiger partial charge in [-0.25, -0.2) is 26.4 Å². The summed E-state index contributed by atoms with van der Waals surface area (Å²) in [6, 6.07) is 6.10. The largest absolute Gasteiger partial charge is 0.465 e. The highest BCUT2D eigenvalue weighted by molar-refractivity contribution is 7.91.